The third kappa shape index (κ3) is 3.42. The molecule has 2 aromatic rings. The maximum Gasteiger partial charge on any atom is 0.417 e. The van der Waals surface area contributed by atoms with Gasteiger partial charge in [-0.15, -0.1) is 0 Å². The average Bonchev–Trinajstić information content (AvgIpc) is 2.37. The van der Waals surface area contributed by atoms with Gasteiger partial charge >= 0.3 is 6.09 Å². The van der Waals surface area contributed by atoms with Crippen molar-refractivity contribution < 1.29 is 9.53 Å². The van der Waals surface area contributed by atoms with Crippen LogP contribution in [0.4, 0.5) is 16.2 Å². The van der Waals surface area contributed by atoms with Crippen molar-refractivity contribution in [3.63, 3.8) is 0 Å². The molecule has 2 rings (SSSR count). The molecule has 0 atom stereocenters. The van der Waals surface area contributed by atoms with Crippen LogP contribution < -0.4 is 15.8 Å². The molecule has 3 N–H and O–H groups in total. The minimum Gasteiger partial charge on any atom is -0.410 e. The smallest absolute Gasteiger partial charge is 0.410 e. The van der Waals surface area contributed by atoms with E-state index in [0.29, 0.717) is 22.1 Å². The summed E-state index contributed by atoms with van der Waals surface area (Å²) in [5.74, 6) is 0.445. The average molecular weight is 291 g/mol. The largest absolute Gasteiger partial charge is 0.417 e. The summed E-state index contributed by atoms with van der Waals surface area (Å²) < 4.78 is 5.20. The molecule has 20 heavy (non-hydrogen) atoms. The van der Waals surface area contributed by atoms with E-state index < -0.39 is 6.09 Å². The summed E-state index contributed by atoms with van der Waals surface area (Å²) in [5.41, 5.74) is 8.75. The van der Waals surface area contributed by atoms with Gasteiger partial charge in [-0.3, -0.25) is 5.32 Å². The van der Waals surface area contributed by atoms with Crippen LogP contribution >= 0.6 is 11.6 Å². The Balaban J connectivity index is 2.07. The van der Waals surface area contributed by atoms with Crippen LogP contribution in [0, 0.1) is 13.8 Å². The lowest BCUT2D eigenvalue weighted by Gasteiger charge is -2.10. The van der Waals surface area contributed by atoms with E-state index in [2.05, 4.69) is 5.32 Å². The third-order valence-corrected chi connectivity index (χ3v) is 3.11. The van der Waals surface area contributed by atoms with Gasteiger partial charge in [0.05, 0.1) is 0 Å². The summed E-state index contributed by atoms with van der Waals surface area (Å²) in [6, 6.07) is 10.3. The van der Waals surface area contributed by atoms with Crippen LogP contribution in [-0.4, -0.2) is 6.09 Å². The number of hydrogen-bond acceptors (Lipinski definition) is 3. The Bertz CT molecular complexity index is 656. The summed E-state index contributed by atoms with van der Waals surface area (Å²) in [7, 11) is 0. The number of nitrogen functional groups attached to an aromatic ring is 1. The molecule has 104 valence electrons. The quantitative estimate of drug-likeness (QED) is 0.817. The van der Waals surface area contributed by atoms with Crippen molar-refractivity contribution in [2.45, 2.75) is 13.8 Å². The fourth-order valence-electron chi connectivity index (χ4n) is 1.72. The molecule has 0 spiro atoms. The molecule has 0 aliphatic heterocycles. The Morgan fingerprint density at radius 1 is 1.15 bits per heavy atom. The van der Waals surface area contributed by atoms with Gasteiger partial charge in [-0.1, -0.05) is 11.6 Å². The Labute approximate surface area is 122 Å². The van der Waals surface area contributed by atoms with Gasteiger partial charge in [-0.05, 0) is 61.4 Å². The molecule has 5 heteroatoms. The van der Waals surface area contributed by atoms with E-state index in [1.165, 1.54) is 0 Å². The van der Waals surface area contributed by atoms with E-state index in [0.717, 1.165) is 11.1 Å². The Hall–Kier alpha value is -2.20. The maximum atomic E-state index is 11.8. The summed E-state index contributed by atoms with van der Waals surface area (Å²) in [6.45, 7) is 3.71. The monoisotopic (exact) mass is 290 g/mol. The first-order valence-corrected chi connectivity index (χ1v) is 6.44. The molecule has 0 aliphatic rings. The van der Waals surface area contributed by atoms with Crippen LogP contribution in [0.1, 0.15) is 11.1 Å². The molecule has 0 saturated heterocycles. The minimum absolute atomic E-state index is 0.445. The summed E-state index contributed by atoms with van der Waals surface area (Å²) in [6.07, 6.45) is -0.556. The van der Waals surface area contributed by atoms with Crippen LogP contribution in [0.3, 0.4) is 0 Å². The Morgan fingerprint density at radius 3 is 2.55 bits per heavy atom. The Morgan fingerprint density at radius 2 is 1.90 bits per heavy atom. The molecule has 0 aliphatic carbocycles. The van der Waals surface area contributed by atoms with E-state index >= 15 is 0 Å². The molecule has 2 aromatic carbocycles. The third-order valence-electron chi connectivity index (χ3n) is 2.88. The number of rotatable bonds is 2. The first-order valence-electron chi connectivity index (χ1n) is 6.07. The van der Waals surface area contributed by atoms with Crippen LogP contribution in [0.5, 0.6) is 5.75 Å². The number of carbonyl (C=O) groups excluding carboxylic acids is 1. The van der Waals surface area contributed by atoms with Crippen molar-refractivity contribution in [2.24, 2.45) is 0 Å². The van der Waals surface area contributed by atoms with Gasteiger partial charge in [0.25, 0.3) is 0 Å². The number of carbonyl (C=O) groups is 1. The fraction of sp³-hybridized carbons (Fsp3) is 0.133. The van der Waals surface area contributed by atoms with Gasteiger partial charge in [-0.25, -0.2) is 4.79 Å². The second-order valence-corrected chi connectivity index (χ2v) is 4.93. The van der Waals surface area contributed by atoms with E-state index in [1.807, 2.05) is 13.8 Å². The SMILES string of the molecule is Cc1cc(OC(=O)Nc2ccc(Cl)cc2C)ccc1N. The highest BCUT2D eigenvalue weighted by molar-refractivity contribution is 6.30. The molecule has 0 fully saturated rings. The van der Waals surface area contributed by atoms with E-state index in [1.54, 1.807) is 36.4 Å². The molecular weight excluding hydrogens is 276 g/mol. The maximum absolute atomic E-state index is 11.8. The summed E-state index contributed by atoms with van der Waals surface area (Å²) in [4.78, 5) is 11.8. The van der Waals surface area contributed by atoms with Crippen LogP contribution in [0.25, 0.3) is 0 Å². The van der Waals surface area contributed by atoms with Crippen molar-refractivity contribution >= 4 is 29.1 Å². The number of hydrogen-bond donors (Lipinski definition) is 2. The van der Waals surface area contributed by atoms with Crippen molar-refractivity contribution in [3.8, 4) is 5.75 Å². The normalized spacial score (nSPS) is 10.2. The number of aryl methyl sites for hydroxylation is 2. The van der Waals surface area contributed by atoms with Crippen molar-refractivity contribution in [1.82, 2.24) is 0 Å². The molecule has 0 heterocycles. The van der Waals surface area contributed by atoms with Crippen molar-refractivity contribution in [1.29, 1.82) is 0 Å². The summed E-state index contributed by atoms with van der Waals surface area (Å²) in [5, 5.41) is 3.29. The molecule has 0 saturated carbocycles. The zero-order chi connectivity index (χ0) is 14.7. The van der Waals surface area contributed by atoms with Gasteiger partial charge in [0.1, 0.15) is 5.75 Å². The first kappa shape index (κ1) is 14.2. The van der Waals surface area contributed by atoms with Crippen LogP contribution in [0.2, 0.25) is 5.02 Å². The molecule has 0 bridgehead atoms. The Kier molecular flexibility index (Phi) is 4.15. The second kappa shape index (κ2) is 5.84. The fourth-order valence-corrected chi connectivity index (χ4v) is 1.95. The lowest BCUT2D eigenvalue weighted by molar-refractivity contribution is 0.215. The molecule has 0 radical (unpaired) electrons. The van der Waals surface area contributed by atoms with Gasteiger partial charge in [-0.2, -0.15) is 0 Å². The van der Waals surface area contributed by atoms with E-state index in [4.69, 9.17) is 22.1 Å². The minimum atomic E-state index is -0.556. The van der Waals surface area contributed by atoms with Crippen LogP contribution in [0.15, 0.2) is 36.4 Å². The number of amides is 1. The molecular formula is C15H15ClN2O2. The van der Waals surface area contributed by atoms with Crippen molar-refractivity contribution in [2.75, 3.05) is 11.1 Å². The van der Waals surface area contributed by atoms with Gasteiger partial charge in [0, 0.05) is 16.4 Å². The van der Waals surface area contributed by atoms with Gasteiger partial charge in [0.2, 0.25) is 0 Å². The second-order valence-electron chi connectivity index (χ2n) is 4.49. The number of benzene rings is 2. The number of halogens is 1. The summed E-state index contributed by atoms with van der Waals surface area (Å²) >= 11 is 5.86. The predicted molar refractivity (Wildman–Crippen MR) is 81.4 cm³/mol. The topological polar surface area (TPSA) is 64.3 Å². The standard InChI is InChI=1S/C15H15ClN2O2/c1-9-8-12(4-5-13(9)17)20-15(19)18-14-6-3-11(16)7-10(14)2/h3-8H,17H2,1-2H3,(H,18,19). The first-order chi connectivity index (χ1) is 9.45. The molecule has 4 nitrogen and oxygen atoms in total. The highest BCUT2D eigenvalue weighted by Gasteiger charge is 2.08. The lowest BCUT2D eigenvalue weighted by Crippen LogP contribution is -2.17. The van der Waals surface area contributed by atoms with E-state index in [-0.39, 0.29) is 0 Å². The number of nitrogens with two attached hydrogens (primary N) is 1. The van der Waals surface area contributed by atoms with E-state index in [9.17, 15) is 4.79 Å². The highest BCUT2D eigenvalue weighted by Crippen LogP contribution is 2.21. The van der Waals surface area contributed by atoms with Crippen molar-refractivity contribution in [3.05, 3.63) is 52.5 Å². The number of ether oxygens (including phenoxy) is 1. The zero-order valence-corrected chi connectivity index (χ0v) is 12.0. The lowest BCUT2D eigenvalue weighted by atomic mass is 10.2. The van der Waals surface area contributed by atoms with Gasteiger partial charge in [0.15, 0.2) is 0 Å². The molecule has 0 unspecified atom stereocenters. The predicted octanol–water partition coefficient (Wildman–Crippen LogP) is 4.15. The van der Waals surface area contributed by atoms with Crippen LogP contribution in [-0.2, 0) is 0 Å². The highest BCUT2D eigenvalue weighted by atomic mass is 35.5. The number of nitrogens with one attached hydrogen (secondary N) is 1. The number of anilines is 2. The molecule has 0 aromatic heterocycles. The zero-order valence-electron chi connectivity index (χ0n) is 11.2. The molecule has 1 amide bonds. The van der Waals surface area contributed by atoms with Gasteiger partial charge < -0.3 is 10.5 Å².